The second-order valence-corrected chi connectivity index (χ2v) is 8.61. The zero-order valence-electron chi connectivity index (χ0n) is 20.8. The van der Waals surface area contributed by atoms with Gasteiger partial charge >= 0.3 is 0 Å². The van der Waals surface area contributed by atoms with Crippen molar-refractivity contribution in [3.63, 3.8) is 0 Å². The van der Waals surface area contributed by atoms with Crippen molar-refractivity contribution in [3.05, 3.63) is 66.0 Å². The average Bonchev–Trinajstić information content (AvgIpc) is 2.89. The molecule has 2 rings (SSSR count). The molecule has 3 atom stereocenters. The van der Waals surface area contributed by atoms with Crippen molar-refractivity contribution in [2.75, 3.05) is 6.54 Å². The van der Waals surface area contributed by atoms with Gasteiger partial charge in [-0.3, -0.25) is 24.2 Å². The van der Waals surface area contributed by atoms with Crippen LogP contribution in [-0.2, 0) is 19.2 Å². The van der Waals surface area contributed by atoms with Crippen LogP contribution in [0.5, 0.6) is 0 Å². The molecule has 3 amide bonds. The van der Waals surface area contributed by atoms with E-state index in [4.69, 9.17) is 0 Å². The number of amides is 3. The van der Waals surface area contributed by atoms with Gasteiger partial charge in [-0.05, 0) is 30.5 Å². The van der Waals surface area contributed by atoms with Crippen LogP contribution in [-0.4, -0.2) is 41.1 Å². The van der Waals surface area contributed by atoms with Gasteiger partial charge in [0.2, 0.25) is 17.6 Å². The molecular formula is C27H36N4O4. The molecule has 8 nitrogen and oxygen atoms in total. The molecule has 3 N–H and O–H groups in total. The number of hydrogen-bond acceptors (Lipinski definition) is 5. The van der Waals surface area contributed by atoms with Crippen LogP contribution in [0.25, 0.3) is 0 Å². The van der Waals surface area contributed by atoms with Gasteiger partial charge in [0.05, 0.1) is 24.3 Å². The first kappa shape index (κ1) is 27.7. The molecular weight excluding hydrogens is 444 g/mol. The first-order valence-corrected chi connectivity index (χ1v) is 12.2. The van der Waals surface area contributed by atoms with Crippen LogP contribution in [0, 0.1) is 5.92 Å². The van der Waals surface area contributed by atoms with Crippen LogP contribution in [0.2, 0.25) is 0 Å². The number of benzene rings is 1. The number of unbranched alkanes of at least 4 members (excludes halogenated alkanes) is 1. The Morgan fingerprint density at radius 1 is 0.886 bits per heavy atom. The Balaban J connectivity index is 1.97. The number of carbonyl (C=O) groups excluding carboxylic acids is 4. The minimum Gasteiger partial charge on any atom is -0.345 e. The Morgan fingerprint density at radius 3 is 2.23 bits per heavy atom. The van der Waals surface area contributed by atoms with Crippen molar-refractivity contribution in [3.8, 4) is 0 Å². The fourth-order valence-electron chi connectivity index (χ4n) is 3.65. The van der Waals surface area contributed by atoms with Crippen LogP contribution in [0.15, 0.2) is 54.7 Å². The number of rotatable bonds is 14. The van der Waals surface area contributed by atoms with E-state index >= 15 is 0 Å². The van der Waals surface area contributed by atoms with Gasteiger partial charge in [-0.15, -0.1) is 0 Å². The van der Waals surface area contributed by atoms with Crippen molar-refractivity contribution >= 4 is 23.5 Å². The van der Waals surface area contributed by atoms with E-state index in [1.54, 1.807) is 18.3 Å². The molecule has 0 radical (unpaired) electrons. The van der Waals surface area contributed by atoms with Crippen LogP contribution in [0.1, 0.15) is 70.2 Å². The zero-order chi connectivity index (χ0) is 25.6. The number of nitrogens with one attached hydrogen (secondary N) is 3. The average molecular weight is 481 g/mol. The molecule has 0 aliphatic rings. The van der Waals surface area contributed by atoms with Gasteiger partial charge < -0.3 is 16.0 Å². The quantitative estimate of drug-likeness (QED) is 0.359. The Kier molecular flexibility index (Phi) is 11.6. The second-order valence-electron chi connectivity index (χ2n) is 8.61. The van der Waals surface area contributed by atoms with Crippen molar-refractivity contribution in [1.29, 1.82) is 0 Å². The number of aromatic nitrogens is 1. The van der Waals surface area contributed by atoms with Crippen LogP contribution >= 0.6 is 0 Å². The van der Waals surface area contributed by atoms with E-state index < -0.39 is 29.7 Å². The van der Waals surface area contributed by atoms with Gasteiger partial charge in [0, 0.05) is 12.1 Å². The minimum atomic E-state index is -0.912. The maximum atomic E-state index is 12.7. The summed E-state index contributed by atoms with van der Waals surface area (Å²) in [6.07, 6.45) is 5.23. The molecule has 35 heavy (non-hydrogen) atoms. The lowest BCUT2D eigenvalue weighted by Crippen LogP contribution is -2.50. The van der Waals surface area contributed by atoms with E-state index in [1.165, 1.54) is 0 Å². The van der Waals surface area contributed by atoms with Crippen molar-refractivity contribution in [2.45, 2.75) is 65.0 Å². The van der Waals surface area contributed by atoms with Gasteiger partial charge in [-0.25, -0.2) is 0 Å². The standard InChI is InChI=1S/C27H36N4O4/c1-4-6-13-19(3)26(34)30-22(12-5-2)25(33)27(35)29-18-23(32)31-24(20-14-8-7-9-15-20)21-16-10-11-17-28-21/h7-11,14-17,19,22,24H,4-6,12-13,18H2,1-3H3,(H,29,35)(H,30,34)(H,31,32). The van der Waals surface area contributed by atoms with Gasteiger partial charge in [0.15, 0.2) is 0 Å². The predicted octanol–water partition coefficient (Wildman–Crippen LogP) is 3.08. The lowest BCUT2D eigenvalue weighted by molar-refractivity contribution is -0.141. The highest BCUT2D eigenvalue weighted by atomic mass is 16.2. The SMILES string of the molecule is CCCCC(C)C(=O)NC(CCC)C(=O)C(=O)NCC(=O)NC(c1ccccc1)c1ccccn1. The molecule has 0 saturated heterocycles. The summed E-state index contributed by atoms with van der Waals surface area (Å²) in [5.41, 5.74) is 1.49. The molecule has 1 aromatic heterocycles. The largest absolute Gasteiger partial charge is 0.345 e. The molecule has 0 spiro atoms. The Hall–Kier alpha value is -3.55. The second kappa shape index (κ2) is 14.7. The van der Waals surface area contributed by atoms with Gasteiger partial charge in [0.25, 0.3) is 5.91 Å². The first-order chi connectivity index (χ1) is 16.9. The molecule has 3 unspecified atom stereocenters. The van der Waals surface area contributed by atoms with Crippen molar-refractivity contribution in [1.82, 2.24) is 20.9 Å². The van der Waals surface area contributed by atoms with Gasteiger partial charge in [-0.1, -0.05) is 76.4 Å². The maximum Gasteiger partial charge on any atom is 0.290 e. The molecule has 0 aliphatic carbocycles. The molecule has 0 aliphatic heterocycles. The zero-order valence-corrected chi connectivity index (χ0v) is 20.8. The fraction of sp³-hybridized carbons (Fsp3) is 0.444. The lowest BCUT2D eigenvalue weighted by atomic mass is 10.0. The Labute approximate surface area is 207 Å². The summed E-state index contributed by atoms with van der Waals surface area (Å²) in [6, 6.07) is 13.4. The number of nitrogens with zero attached hydrogens (tertiary/aromatic N) is 1. The molecule has 1 heterocycles. The van der Waals surface area contributed by atoms with Crippen molar-refractivity contribution in [2.24, 2.45) is 5.92 Å². The summed E-state index contributed by atoms with van der Waals surface area (Å²) in [5, 5.41) is 7.97. The molecule has 8 heteroatoms. The van der Waals surface area contributed by atoms with Crippen LogP contribution in [0.4, 0.5) is 0 Å². The van der Waals surface area contributed by atoms with Gasteiger partial charge in [-0.2, -0.15) is 0 Å². The summed E-state index contributed by atoms with van der Waals surface area (Å²) in [4.78, 5) is 54.7. The minimum absolute atomic E-state index is 0.238. The normalized spacial score (nSPS) is 13.2. The number of ketones is 1. The topological polar surface area (TPSA) is 117 Å². The monoisotopic (exact) mass is 480 g/mol. The van der Waals surface area contributed by atoms with E-state index in [-0.39, 0.29) is 18.4 Å². The Morgan fingerprint density at radius 2 is 1.60 bits per heavy atom. The van der Waals surface area contributed by atoms with E-state index in [2.05, 4.69) is 20.9 Å². The predicted molar refractivity (Wildman–Crippen MR) is 134 cm³/mol. The number of Topliss-reactive ketones (excluding diaryl/α,β-unsaturated/α-hetero) is 1. The summed E-state index contributed by atoms with van der Waals surface area (Å²) >= 11 is 0. The molecule has 0 fully saturated rings. The summed E-state index contributed by atoms with van der Waals surface area (Å²) in [5.74, 6) is -2.58. The molecule has 0 saturated carbocycles. The molecule has 2 aromatic rings. The highest BCUT2D eigenvalue weighted by Gasteiger charge is 2.28. The first-order valence-electron chi connectivity index (χ1n) is 12.2. The highest BCUT2D eigenvalue weighted by molar-refractivity contribution is 6.38. The van der Waals surface area contributed by atoms with Crippen molar-refractivity contribution < 1.29 is 19.2 Å². The third kappa shape index (κ3) is 8.96. The van der Waals surface area contributed by atoms with E-state index in [9.17, 15) is 19.2 Å². The van der Waals surface area contributed by atoms with Crippen LogP contribution < -0.4 is 16.0 Å². The number of pyridine rings is 1. The lowest BCUT2D eigenvalue weighted by Gasteiger charge is -2.20. The summed E-state index contributed by atoms with van der Waals surface area (Å²) < 4.78 is 0. The summed E-state index contributed by atoms with van der Waals surface area (Å²) in [7, 11) is 0. The third-order valence-electron chi connectivity index (χ3n) is 5.70. The molecule has 188 valence electrons. The number of carbonyl (C=O) groups is 4. The highest BCUT2D eigenvalue weighted by Crippen LogP contribution is 2.19. The maximum absolute atomic E-state index is 12.7. The Bertz CT molecular complexity index is 926. The fourth-order valence-corrected chi connectivity index (χ4v) is 3.65. The molecule has 1 aromatic carbocycles. The van der Waals surface area contributed by atoms with E-state index in [0.29, 0.717) is 18.5 Å². The van der Waals surface area contributed by atoms with E-state index in [1.807, 2.05) is 57.2 Å². The van der Waals surface area contributed by atoms with E-state index in [0.717, 1.165) is 24.8 Å². The number of hydrogen-bond donors (Lipinski definition) is 3. The molecule has 0 bridgehead atoms. The smallest absolute Gasteiger partial charge is 0.290 e. The van der Waals surface area contributed by atoms with Crippen LogP contribution in [0.3, 0.4) is 0 Å². The van der Waals surface area contributed by atoms with Gasteiger partial charge in [0.1, 0.15) is 0 Å². The summed E-state index contributed by atoms with van der Waals surface area (Å²) in [6.45, 7) is 5.36. The third-order valence-corrected chi connectivity index (χ3v) is 5.70.